The Balaban J connectivity index is 2.38. The molecule has 1 aliphatic rings. The molecule has 0 amide bonds. The number of pyridine rings is 1. The number of aldehydes is 1. The molecule has 1 atom stereocenters. The molecule has 1 aliphatic heterocycles. The summed E-state index contributed by atoms with van der Waals surface area (Å²) in [6.45, 7) is 0.387. The number of nitrogens with zero attached hydrogens (tertiary/aromatic N) is 2. The van der Waals surface area contributed by atoms with Crippen molar-refractivity contribution in [3.05, 3.63) is 22.9 Å². The van der Waals surface area contributed by atoms with E-state index in [9.17, 15) is 13.2 Å². The Bertz CT molecular complexity index is 547. The predicted molar refractivity (Wildman–Crippen MR) is 69.5 cm³/mol. The van der Waals surface area contributed by atoms with Gasteiger partial charge < -0.3 is 4.79 Å². The summed E-state index contributed by atoms with van der Waals surface area (Å²) in [5, 5.41) is 0. The Kier molecular flexibility index (Phi) is 4.14. The molecule has 5 nitrogen and oxygen atoms in total. The van der Waals surface area contributed by atoms with Crippen LogP contribution in [0.15, 0.2) is 27.8 Å². The van der Waals surface area contributed by atoms with Crippen molar-refractivity contribution in [2.75, 3.05) is 6.54 Å². The van der Waals surface area contributed by atoms with Crippen molar-refractivity contribution in [3.63, 3.8) is 0 Å². The summed E-state index contributed by atoms with van der Waals surface area (Å²) < 4.78 is 26.7. The van der Waals surface area contributed by atoms with Crippen LogP contribution < -0.4 is 0 Å². The summed E-state index contributed by atoms with van der Waals surface area (Å²) in [5.41, 5.74) is 0. The van der Waals surface area contributed by atoms with Crippen molar-refractivity contribution < 1.29 is 13.2 Å². The van der Waals surface area contributed by atoms with Crippen LogP contribution in [0.25, 0.3) is 0 Å². The molecule has 0 N–H and O–H groups in total. The normalized spacial score (nSPS) is 21.7. The van der Waals surface area contributed by atoms with Gasteiger partial charge in [0.1, 0.15) is 11.2 Å². The standard InChI is InChI=1S/C11H13BrN2O3S/c12-9-5-11(7-13-6-9)18(16,17)14-4-2-1-3-10(14)8-15/h5-8,10H,1-4H2. The van der Waals surface area contributed by atoms with Crippen LogP contribution in [-0.4, -0.2) is 36.6 Å². The highest BCUT2D eigenvalue weighted by Gasteiger charge is 2.33. The first-order chi connectivity index (χ1) is 8.55. The number of piperidine rings is 1. The van der Waals surface area contributed by atoms with Gasteiger partial charge in [0.2, 0.25) is 10.0 Å². The number of sulfonamides is 1. The largest absolute Gasteiger partial charge is 0.302 e. The minimum atomic E-state index is -3.64. The van der Waals surface area contributed by atoms with Crippen LogP contribution in [0, 0.1) is 0 Å². The molecule has 0 bridgehead atoms. The Hall–Kier alpha value is -0.790. The first-order valence-corrected chi connectivity index (χ1v) is 7.86. The third-order valence-electron chi connectivity index (χ3n) is 2.94. The Labute approximate surface area is 114 Å². The maximum atomic E-state index is 12.4. The summed E-state index contributed by atoms with van der Waals surface area (Å²) >= 11 is 3.20. The third kappa shape index (κ3) is 2.62. The van der Waals surface area contributed by atoms with Crippen molar-refractivity contribution in [3.8, 4) is 0 Å². The van der Waals surface area contributed by atoms with E-state index in [1.165, 1.54) is 22.8 Å². The lowest BCUT2D eigenvalue weighted by Crippen LogP contribution is -2.44. The first kappa shape index (κ1) is 13.6. The minimum absolute atomic E-state index is 0.116. The molecule has 1 fully saturated rings. The lowest BCUT2D eigenvalue weighted by molar-refractivity contribution is -0.111. The number of aromatic nitrogens is 1. The zero-order chi connectivity index (χ0) is 13.2. The second-order valence-corrected chi connectivity index (χ2v) is 6.96. The average Bonchev–Trinajstić information content (AvgIpc) is 2.38. The molecule has 18 heavy (non-hydrogen) atoms. The first-order valence-electron chi connectivity index (χ1n) is 5.63. The zero-order valence-corrected chi connectivity index (χ0v) is 12.0. The Morgan fingerprint density at radius 2 is 2.17 bits per heavy atom. The SMILES string of the molecule is O=CC1CCCCN1S(=O)(=O)c1cncc(Br)c1. The quantitative estimate of drug-likeness (QED) is 0.788. The Morgan fingerprint density at radius 1 is 1.39 bits per heavy atom. The molecule has 1 unspecified atom stereocenters. The van der Waals surface area contributed by atoms with E-state index in [4.69, 9.17) is 0 Å². The smallest absolute Gasteiger partial charge is 0.245 e. The van der Waals surface area contributed by atoms with E-state index in [1.54, 1.807) is 0 Å². The van der Waals surface area contributed by atoms with Gasteiger partial charge in [-0.1, -0.05) is 6.42 Å². The molecule has 1 aromatic rings. The van der Waals surface area contributed by atoms with Crippen LogP contribution >= 0.6 is 15.9 Å². The second kappa shape index (κ2) is 5.46. The second-order valence-electron chi connectivity index (χ2n) is 4.15. The van der Waals surface area contributed by atoms with Gasteiger partial charge in [0.05, 0.1) is 6.04 Å². The molecule has 7 heteroatoms. The number of hydrogen-bond acceptors (Lipinski definition) is 4. The molecule has 0 aromatic carbocycles. The minimum Gasteiger partial charge on any atom is -0.302 e. The Morgan fingerprint density at radius 3 is 2.83 bits per heavy atom. The number of carbonyl (C=O) groups excluding carboxylic acids is 1. The van der Waals surface area contributed by atoms with Gasteiger partial charge in [-0.2, -0.15) is 4.31 Å². The maximum absolute atomic E-state index is 12.4. The number of halogens is 1. The summed E-state index contributed by atoms with van der Waals surface area (Å²) in [7, 11) is -3.64. The zero-order valence-electron chi connectivity index (χ0n) is 9.62. The van der Waals surface area contributed by atoms with Crippen molar-refractivity contribution in [1.29, 1.82) is 0 Å². The highest BCUT2D eigenvalue weighted by Crippen LogP contribution is 2.25. The molecule has 0 saturated carbocycles. The van der Waals surface area contributed by atoms with Crippen molar-refractivity contribution in [1.82, 2.24) is 9.29 Å². The van der Waals surface area contributed by atoms with E-state index in [1.807, 2.05) is 0 Å². The fourth-order valence-electron chi connectivity index (χ4n) is 2.03. The lowest BCUT2D eigenvalue weighted by Gasteiger charge is -2.31. The fourth-order valence-corrected chi connectivity index (χ4v) is 4.17. The highest BCUT2D eigenvalue weighted by molar-refractivity contribution is 9.10. The van der Waals surface area contributed by atoms with E-state index in [0.717, 1.165) is 12.8 Å². The van der Waals surface area contributed by atoms with Crippen molar-refractivity contribution in [2.45, 2.75) is 30.2 Å². The molecule has 0 aliphatic carbocycles. The fraction of sp³-hybridized carbons (Fsp3) is 0.455. The summed E-state index contributed by atoms with van der Waals surface area (Å²) in [6, 6.07) is 0.946. The molecule has 2 heterocycles. The van der Waals surface area contributed by atoms with Gasteiger partial charge in [0, 0.05) is 23.4 Å². The van der Waals surface area contributed by atoms with Gasteiger partial charge in [-0.15, -0.1) is 0 Å². The molecule has 1 saturated heterocycles. The van der Waals surface area contributed by atoms with E-state index >= 15 is 0 Å². The molecule has 98 valence electrons. The number of hydrogen-bond donors (Lipinski definition) is 0. The molecule has 1 aromatic heterocycles. The van der Waals surface area contributed by atoms with Gasteiger partial charge in [-0.3, -0.25) is 4.98 Å². The van der Waals surface area contributed by atoms with Crippen LogP contribution in [0.3, 0.4) is 0 Å². The topological polar surface area (TPSA) is 67.3 Å². The number of carbonyl (C=O) groups is 1. The van der Waals surface area contributed by atoms with Crippen LogP contribution in [0.1, 0.15) is 19.3 Å². The third-order valence-corrected chi connectivity index (χ3v) is 5.27. The molecular weight excluding hydrogens is 320 g/mol. The van der Waals surface area contributed by atoms with Crippen molar-refractivity contribution >= 4 is 32.2 Å². The summed E-state index contributed by atoms with van der Waals surface area (Å²) in [4.78, 5) is 15.0. The molecule has 0 spiro atoms. The van der Waals surface area contributed by atoms with E-state index < -0.39 is 16.1 Å². The van der Waals surface area contributed by atoms with E-state index in [2.05, 4.69) is 20.9 Å². The van der Waals surface area contributed by atoms with Gasteiger partial charge in [0.15, 0.2) is 0 Å². The molecular formula is C11H13BrN2O3S. The van der Waals surface area contributed by atoms with Gasteiger partial charge in [-0.05, 0) is 34.8 Å². The van der Waals surface area contributed by atoms with Crippen molar-refractivity contribution in [2.24, 2.45) is 0 Å². The van der Waals surface area contributed by atoms with Crippen LogP contribution in [0.5, 0.6) is 0 Å². The van der Waals surface area contributed by atoms with Crippen LogP contribution in [0.4, 0.5) is 0 Å². The maximum Gasteiger partial charge on any atom is 0.245 e. The predicted octanol–water partition coefficient (Wildman–Crippen LogP) is 1.59. The van der Waals surface area contributed by atoms with E-state index in [-0.39, 0.29) is 4.90 Å². The lowest BCUT2D eigenvalue weighted by atomic mass is 10.1. The number of rotatable bonds is 3. The summed E-state index contributed by atoms with van der Waals surface area (Å²) in [6.07, 6.45) is 5.78. The van der Waals surface area contributed by atoms with Crippen LogP contribution in [0.2, 0.25) is 0 Å². The van der Waals surface area contributed by atoms with Gasteiger partial charge >= 0.3 is 0 Å². The van der Waals surface area contributed by atoms with Gasteiger partial charge in [-0.25, -0.2) is 8.42 Å². The molecule has 0 radical (unpaired) electrons. The average molecular weight is 333 g/mol. The van der Waals surface area contributed by atoms with Crippen LogP contribution in [-0.2, 0) is 14.8 Å². The van der Waals surface area contributed by atoms with E-state index in [0.29, 0.717) is 23.7 Å². The van der Waals surface area contributed by atoms with Gasteiger partial charge in [0.25, 0.3) is 0 Å². The monoisotopic (exact) mass is 332 g/mol. The summed E-state index contributed by atoms with van der Waals surface area (Å²) in [5.74, 6) is 0. The molecule has 2 rings (SSSR count). The highest BCUT2D eigenvalue weighted by atomic mass is 79.9.